The normalized spacial score (nSPS) is 12.8. The van der Waals surface area contributed by atoms with E-state index in [4.69, 9.17) is 19.3 Å². The van der Waals surface area contributed by atoms with E-state index in [1.807, 2.05) is 0 Å². The lowest BCUT2D eigenvalue weighted by Crippen LogP contribution is -2.16. The SMILES string of the molecule is COCCOCO[C@@H](C)CC(=O)O. The number of aliphatic carboxylic acids is 1. The lowest BCUT2D eigenvalue weighted by atomic mass is 10.3. The molecule has 0 saturated carbocycles. The first-order valence-electron chi connectivity index (χ1n) is 4.07. The third kappa shape index (κ3) is 9.26. The van der Waals surface area contributed by atoms with E-state index >= 15 is 0 Å². The van der Waals surface area contributed by atoms with Crippen LogP contribution in [0.15, 0.2) is 0 Å². The molecule has 0 bridgehead atoms. The molecule has 78 valence electrons. The first kappa shape index (κ1) is 12.3. The maximum absolute atomic E-state index is 10.2. The Morgan fingerprint density at radius 2 is 2.15 bits per heavy atom. The van der Waals surface area contributed by atoms with Gasteiger partial charge in [0.15, 0.2) is 0 Å². The first-order valence-corrected chi connectivity index (χ1v) is 4.07. The second kappa shape index (κ2) is 7.97. The monoisotopic (exact) mass is 192 g/mol. The van der Waals surface area contributed by atoms with Crippen molar-refractivity contribution in [1.82, 2.24) is 0 Å². The van der Waals surface area contributed by atoms with E-state index in [0.717, 1.165) is 0 Å². The van der Waals surface area contributed by atoms with Crippen LogP contribution in [0.3, 0.4) is 0 Å². The van der Waals surface area contributed by atoms with Gasteiger partial charge in [-0.1, -0.05) is 0 Å². The molecular formula is C8H16O5. The number of carbonyl (C=O) groups is 1. The fourth-order valence-corrected chi connectivity index (χ4v) is 0.670. The minimum Gasteiger partial charge on any atom is -0.481 e. The molecule has 0 heterocycles. The fraction of sp³-hybridized carbons (Fsp3) is 0.875. The zero-order valence-electron chi connectivity index (χ0n) is 7.99. The van der Waals surface area contributed by atoms with Crippen molar-refractivity contribution in [3.8, 4) is 0 Å². The fourth-order valence-electron chi connectivity index (χ4n) is 0.670. The predicted octanol–water partition coefficient (Wildman–Crippen LogP) is 0.487. The van der Waals surface area contributed by atoms with Crippen molar-refractivity contribution in [2.24, 2.45) is 0 Å². The topological polar surface area (TPSA) is 65.0 Å². The Hall–Kier alpha value is -0.650. The molecule has 0 rings (SSSR count). The summed E-state index contributed by atoms with van der Waals surface area (Å²) in [6.07, 6.45) is -0.326. The van der Waals surface area contributed by atoms with Crippen LogP contribution in [0.5, 0.6) is 0 Å². The molecular weight excluding hydrogens is 176 g/mol. The Bertz CT molecular complexity index is 136. The second-order valence-corrected chi connectivity index (χ2v) is 2.59. The van der Waals surface area contributed by atoms with Crippen molar-refractivity contribution in [2.75, 3.05) is 27.1 Å². The van der Waals surface area contributed by atoms with E-state index in [2.05, 4.69) is 0 Å². The Balaban J connectivity index is 3.17. The van der Waals surface area contributed by atoms with Crippen LogP contribution < -0.4 is 0 Å². The number of methoxy groups -OCH3 is 1. The summed E-state index contributed by atoms with van der Waals surface area (Å²) < 4.78 is 14.8. The summed E-state index contributed by atoms with van der Waals surface area (Å²) in [5.74, 6) is -0.871. The maximum atomic E-state index is 10.2. The lowest BCUT2D eigenvalue weighted by Gasteiger charge is -2.10. The van der Waals surface area contributed by atoms with Crippen molar-refractivity contribution >= 4 is 5.97 Å². The Labute approximate surface area is 77.6 Å². The van der Waals surface area contributed by atoms with Crippen molar-refractivity contribution in [1.29, 1.82) is 0 Å². The molecule has 1 N–H and O–H groups in total. The van der Waals surface area contributed by atoms with Gasteiger partial charge in [0.2, 0.25) is 0 Å². The van der Waals surface area contributed by atoms with E-state index in [1.54, 1.807) is 14.0 Å². The highest BCUT2D eigenvalue weighted by Gasteiger charge is 2.06. The molecule has 0 unspecified atom stereocenters. The molecule has 0 aromatic heterocycles. The number of rotatable bonds is 8. The minimum atomic E-state index is -0.871. The molecule has 5 nitrogen and oxygen atoms in total. The van der Waals surface area contributed by atoms with E-state index in [0.29, 0.717) is 13.2 Å². The van der Waals surface area contributed by atoms with Crippen LogP contribution in [0, 0.1) is 0 Å². The summed E-state index contributed by atoms with van der Waals surface area (Å²) in [7, 11) is 1.58. The smallest absolute Gasteiger partial charge is 0.305 e. The number of hydrogen-bond donors (Lipinski definition) is 1. The van der Waals surface area contributed by atoms with Gasteiger partial charge >= 0.3 is 5.97 Å². The van der Waals surface area contributed by atoms with Crippen molar-refractivity contribution < 1.29 is 24.1 Å². The molecule has 0 aromatic carbocycles. The van der Waals surface area contributed by atoms with Crippen molar-refractivity contribution in [2.45, 2.75) is 19.4 Å². The van der Waals surface area contributed by atoms with Gasteiger partial charge in [0.05, 0.1) is 25.7 Å². The summed E-state index contributed by atoms with van der Waals surface area (Å²) in [5.41, 5.74) is 0. The van der Waals surface area contributed by atoms with Crippen molar-refractivity contribution in [3.05, 3.63) is 0 Å². The van der Waals surface area contributed by atoms with Crippen LogP contribution in [-0.2, 0) is 19.0 Å². The quantitative estimate of drug-likeness (QED) is 0.448. The molecule has 13 heavy (non-hydrogen) atoms. The van der Waals surface area contributed by atoms with Gasteiger partial charge in [-0.3, -0.25) is 4.79 Å². The van der Waals surface area contributed by atoms with Crippen LogP contribution >= 0.6 is 0 Å². The lowest BCUT2D eigenvalue weighted by molar-refractivity contribution is -0.143. The molecule has 0 aliphatic heterocycles. The number of ether oxygens (including phenoxy) is 3. The molecule has 0 spiro atoms. The molecule has 0 radical (unpaired) electrons. The molecule has 0 aromatic rings. The van der Waals surface area contributed by atoms with Crippen LogP contribution in [0.1, 0.15) is 13.3 Å². The zero-order valence-corrected chi connectivity index (χ0v) is 7.99. The highest BCUT2D eigenvalue weighted by Crippen LogP contribution is 1.96. The second-order valence-electron chi connectivity index (χ2n) is 2.59. The molecule has 5 heteroatoms. The van der Waals surface area contributed by atoms with Crippen molar-refractivity contribution in [3.63, 3.8) is 0 Å². The average Bonchev–Trinajstić information content (AvgIpc) is 2.02. The third-order valence-electron chi connectivity index (χ3n) is 1.33. The summed E-state index contributed by atoms with van der Waals surface area (Å²) in [6, 6.07) is 0. The summed E-state index contributed by atoms with van der Waals surface area (Å²) in [4.78, 5) is 10.2. The van der Waals surface area contributed by atoms with Gasteiger partial charge in [-0.15, -0.1) is 0 Å². The first-order chi connectivity index (χ1) is 6.16. The van der Waals surface area contributed by atoms with E-state index in [9.17, 15) is 4.79 Å². The number of carboxylic acid groups (broad SMARTS) is 1. The highest BCUT2D eigenvalue weighted by atomic mass is 16.7. The molecule has 0 aliphatic carbocycles. The highest BCUT2D eigenvalue weighted by molar-refractivity contribution is 5.67. The average molecular weight is 192 g/mol. The molecule has 0 aliphatic rings. The standard InChI is InChI=1S/C8H16O5/c1-7(5-8(9)10)13-6-12-4-3-11-2/h7H,3-6H2,1-2H3,(H,9,10)/t7-/m0/s1. The largest absolute Gasteiger partial charge is 0.481 e. The van der Waals surface area contributed by atoms with E-state index < -0.39 is 5.97 Å². The van der Waals surface area contributed by atoms with Gasteiger partial charge in [0.1, 0.15) is 6.79 Å². The van der Waals surface area contributed by atoms with Crippen LogP contribution in [0.25, 0.3) is 0 Å². The third-order valence-corrected chi connectivity index (χ3v) is 1.33. The Morgan fingerprint density at radius 1 is 1.46 bits per heavy atom. The van der Waals surface area contributed by atoms with Crippen LogP contribution in [0.2, 0.25) is 0 Å². The summed E-state index contributed by atoms with van der Waals surface area (Å²) in [6.45, 7) is 2.76. The van der Waals surface area contributed by atoms with Gasteiger partial charge in [0.25, 0.3) is 0 Å². The van der Waals surface area contributed by atoms with E-state index in [1.165, 1.54) is 0 Å². The van der Waals surface area contributed by atoms with Gasteiger partial charge in [0, 0.05) is 7.11 Å². The van der Waals surface area contributed by atoms with Gasteiger partial charge in [-0.05, 0) is 6.92 Å². The zero-order chi connectivity index (χ0) is 10.1. The maximum Gasteiger partial charge on any atom is 0.305 e. The predicted molar refractivity (Wildman–Crippen MR) is 45.5 cm³/mol. The molecule has 0 amide bonds. The Kier molecular flexibility index (Phi) is 7.57. The van der Waals surface area contributed by atoms with Crippen LogP contribution in [0.4, 0.5) is 0 Å². The van der Waals surface area contributed by atoms with Crippen LogP contribution in [-0.4, -0.2) is 44.3 Å². The molecule has 0 saturated heterocycles. The minimum absolute atomic E-state index is 0.00631. The van der Waals surface area contributed by atoms with Gasteiger partial charge < -0.3 is 19.3 Å². The number of carboxylic acids is 1. The van der Waals surface area contributed by atoms with Gasteiger partial charge in [-0.25, -0.2) is 0 Å². The molecule has 0 fully saturated rings. The summed E-state index contributed by atoms with van der Waals surface area (Å²) in [5, 5.41) is 8.38. The Morgan fingerprint density at radius 3 is 2.69 bits per heavy atom. The van der Waals surface area contributed by atoms with E-state index in [-0.39, 0.29) is 19.3 Å². The number of hydrogen-bond acceptors (Lipinski definition) is 4. The van der Waals surface area contributed by atoms with Gasteiger partial charge in [-0.2, -0.15) is 0 Å². The molecule has 1 atom stereocenters. The summed E-state index contributed by atoms with van der Waals surface area (Å²) >= 11 is 0.